The van der Waals surface area contributed by atoms with Gasteiger partial charge in [-0.05, 0) is 18.4 Å². The molecule has 82 valence electrons. The second-order valence-electron chi connectivity index (χ2n) is 3.49. The third kappa shape index (κ3) is 5.23. The van der Waals surface area contributed by atoms with E-state index in [1.165, 1.54) is 0 Å². The van der Waals surface area contributed by atoms with Gasteiger partial charge in [0.05, 0.1) is 5.76 Å². The van der Waals surface area contributed by atoms with Crippen LogP contribution in [0.4, 0.5) is 0 Å². The SMILES string of the molecule is C=C(CCCCO)OCc1ccccc1. The number of aliphatic hydroxyl groups is 1. The molecule has 1 aromatic carbocycles. The number of allylic oxidation sites excluding steroid dienone is 1. The summed E-state index contributed by atoms with van der Waals surface area (Å²) >= 11 is 0. The number of ether oxygens (including phenoxy) is 1. The van der Waals surface area contributed by atoms with E-state index in [1.807, 2.05) is 30.3 Å². The fraction of sp³-hybridized carbons (Fsp3) is 0.385. The second-order valence-corrected chi connectivity index (χ2v) is 3.49. The lowest BCUT2D eigenvalue weighted by molar-refractivity contribution is 0.186. The fourth-order valence-electron chi connectivity index (χ4n) is 1.27. The summed E-state index contributed by atoms with van der Waals surface area (Å²) < 4.78 is 5.50. The molecule has 0 saturated carbocycles. The first kappa shape index (κ1) is 11.8. The Bertz CT molecular complexity index is 280. The standard InChI is InChI=1S/C13H18O2/c1-12(7-5-6-10-14)15-11-13-8-3-2-4-9-13/h2-4,8-9,14H,1,5-7,10-11H2. The summed E-state index contributed by atoms with van der Waals surface area (Å²) in [6, 6.07) is 10.0. The molecule has 15 heavy (non-hydrogen) atoms. The van der Waals surface area contributed by atoms with Crippen molar-refractivity contribution in [2.24, 2.45) is 0 Å². The van der Waals surface area contributed by atoms with Crippen LogP contribution in [0.5, 0.6) is 0 Å². The maximum Gasteiger partial charge on any atom is 0.113 e. The van der Waals surface area contributed by atoms with E-state index in [2.05, 4.69) is 6.58 Å². The number of aliphatic hydroxyl groups excluding tert-OH is 1. The van der Waals surface area contributed by atoms with Gasteiger partial charge < -0.3 is 9.84 Å². The summed E-state index contributed by atoms with van der Waals surface area (Å²) in [7, 11) is 0. The van der Waals surface area contributed by atoms with Crippen LogP contribution >= 0.6 is 0 Å². The van der Waals surface area contributed by atoms with Crippen LogP contribution < -0.4 is 0 Å². The van der Waals surface area contributed by atoms with Crippen LogP contribution in [0.2, 0.25) is 0 Å². The summed E-state index contributed by atoms with van der Waals surface area (Å²) in [5.41, 5.74) is 1.15. The van der Waals surface area contributed by atoms with Gasteiger partial charge in [0.15, 0.2) is 0 Å². The maximum absolute atomic E-state index is 8.62. The van der Waals surface area contributed by atoms with Crippen molar-refractivity contribution in [3.05, 3.63) is 48.2 Å². The van der Waals surface area contributed by atoms with Crippen molar-refractivity contribution >= 4 is 0 Å². The Morgan fingerprint density at radius 3 is 2.60 bits per heavy atom. The first-order chi connectivity index (χ1) is 7.33. The fourth-order valence-corrected chi connectivity index (χ4v) is 1.27. The van der Waals surface area contributed by atoms with Gasteiger partial charge >= 0.3 is 0 Å². The Morgan fingerprint density at radius 2 is 1.93 bits per heavy atom. The van der Waals surface area contributed by atoms with Gasteiger partial charge in [0, 0.05) is 13.0 Å². The highest BCUT2D eigenvalue weighted by Gasteiger charge is 1.96. The molecule has 0 aliphatic carbocycles. The Labute approximate surface area is 91.2 Å². The second kappa shape index (κ2) is 7.07. The molecule has 1 N–H and O–H groups in total. The monoisotopic (exact) mass is 206 g/mol. The molecule has 2 heteroatoms. The minimum atomic E-state index is 0.242. The van der Waals surface area contributed by atoms with Crippen molar-refractivity contribution in [1.82, 2.24) is 0 Å². The molecule has 0 unspecified atom stereocenters. The summed E-state index contributed by atoms with van der Waals surface area (Å²) in [5.74, 6) is 0.798. The van der Waals surface area contributed by atoms with E-state index in [9.17, 15) is 0 Å². The average Bonchev–Trinajstić information content (AvgIpc) is 2.28. The van der Waals surface area contributed by atoms with Gasteiger partial charge in [-0.2, -0.15) is 0 Å². The highest BCUT2D eigenvalue weighted by molar-refractivity contribution is 5.13. The van der Waals surface area contributed by atoms with Crippen molar-refractivity contribution < 1.29 is 9.84 Å². The number of unbranched alkanes of at least 4 members (excludes halogenated alkanes) is 1. The molecule has 0 fully saturated rings. The molecular formula is C13H18O2. The van der Waals surface area contributed by atoms with Gasteiger partial charge in [0.25, 0.3) is 0 Å². The summed E-state index contributed by atoms with van der Waals surface area (Å²) in [5, 5.41) is 8.62. The van der Waals surface area contributed by atoms with Crippen LogP contribution in [0.15, 0.2) is 42.7 Å². The van der Waals surface area contributed by atoms with Gasteiger partial charge in [-0.1, -0.05) is 36.9 Å². The topological polar surface area (TPSA) is 29.5 Å². The lowest BCUT2D eigenvalue weighted by Crippen LogP contribution is -1.93. The summed E-state index contributed by atoms with van der Waals surface area (Å²) in [6.45, 7) is 4.66. The average molecular weight is 206 g/mol. The van der Waals surface area contributed by atoms with Crippen LogP contribution in [0.1, 0.15) is 24.8 Å². The molecule has 2 nitrogen and oxygen atoms in total. The van der Waals surface area contributed by atoms with Gasteiger partial charge in [0.2, 0.25) is 0 Å². The van der Waals surface area contributed by atoms with Crippen LogP contribution in [0.25, 0.3) is 0 Å². The van der Waals surface area contributed by atoms with Crippen LogP contribution in [0.3, 0.4) is 0 Å². The molecule has 0 aliphatic heterocycles. The van der Waals surface area contributed by atoms with Gasteiger partial charge in [-0.15, -0.1) is 0 Å². The van der Waals surface area contributed by atoms with Crippen molar-refractivity contribution in [2.75, 3.05) is 6.61 Å². The smallest absolute Gasteiger partial charge is 0.113 e. The molecule has 0 amide bonds. The normalized spacial score (nSPS) is 9.93. The molecular weight excluding hydrogens is 188 g/mol. The van der Waals surface area contributed by atoms with Crippen molar-refractivity contribution in [3.8, 4) is 0 Å². The van der Waals surface area contributed by atoms with E-state index in [0.29, 0.717) is 6.61 Å². The summed E-state index contributed by atoms with van der Waals surface area (Å²) in [6.07, 6.45) is 2.57. The molecule has 0 spiro atoms. The summed E-state index contributed by atoms with van der Waals surface area (Å²) in [4.78, 5) is 0. The number of hydrogen-bond donors (Lipinski definition) is 1. The quantitative estimate of drug-likeness (QED) is 0.549. The third-order valence-corrected chi connectivity index (χ3v) is 2.15. The molecule has 0 heterocycles. The predicted octanol–water partition coefficient (Wildman–Crippen LogP) is 2.88. The zero-order valence-electron chi connectivity index (χ0n) is 8.98. The molecule has 0 radical (unpaired) electrons. The van der Waals surface area contributed by atoms with E-state index in [1.54, 1.807) is 0 Å². The van der Waals surface area contributed by atoms with Crippen molar-refractivity contribution in [3.63, 3.8) is 0 Å². The Morgan fingerprint density at radius 1 is 1.20 bits per heavy atom. The van der Waals surface area contributed by atoms with Crippen molar-refractivity contribution in [1.29, 1.82) is 0 Å². The lowest BCUT2D eigenvalue weighted by Gasteiger charge is -2.08. The molecule has 0 saturated heterocycles. The largest absolute Gasteiger partial charge is 0.494 e. The van der Waals surface area contributed by atoms with Crippen LogP contribution in [-0.4, -0.2) is 11.7 Å². The number of benzene rings is 1. The first-order valence-electron chi connectivity index (χ1n) is 5.28. The Balaban J connectivity index is 2.17. The van der Waals surface area contributed by atoms with Gasteiger partial charge in [-0.25, -0.2) is 0 Å². The third-order valence-electron chi connectivity index (χ3n) is 2.15. The van der Waals surface area contributed by atoms with E-state index >= 15 is 0 Å². The number of hydrogen-bond acceptors (Lipinski definition) is 2. The van der Waals surface area contributed by atoms with E-state index in [4.69, 9.17) is 9.84 Å². The molecule has 0 aliphatic rings. The molecule has 0 atom stereocenters. The molecule has 1 rings (SSSR count). The number of rotatable bonds is 7. The van der Waals surface area contributed by atoms with Gasteiger partial charge in [0.1, 0.15) is 6.61 Å². The highest BCUT2D eigenvalue weighted by Crippen LogP contribution is 2.10. The van der Waals surface area contributed by atoms with Crippen LogP contribution in [0, 0.1) is 0 Å². The van der Waals surface area contributed by atoms with E-state index in [0.717, 1.165) is 30.6 Å². The highest BCUT2D eigenvalue weighted by atomic mass is 16.5. The molecule has 0 bridgehead atoms. The predicted molar refractivity (Wildman–Crippen MR) is 61.3 cm³/mol. The Kier molecular flexibility index (Phi) is 5.56. The minimum Gasteiger partial charge on any atom is -0.494 e. The zero-order valence-corrected chi connectivity index (χ0v) is 8.98. The maximum atomic E-state index is 8.62. The minimum absolute atomic E-state index is 0.242. The first-order valence-corrected chi connectivity index (χ1v) is 5.28. The van der Waals surface area contributed by atoms with Gasteiger partial charge in [-0.3, -0.25) is 0 Å². The van der Waals surface area contributed by atoms with E-state index in [-0.39, 0.29) is 6.61 Å². The zero-order chi connectivity index (χ0) is 10.9. The molecule has 1 aromatic rings. The Hall–Kier alpha value is -1.28. The van der Waals surface area contributed by atoms with E-state index < -0.39 is 0 Å². The van der Waals surface area contributed by atoms with Crippen molar-refractivity contribution in [2.45, 2.75) is 25.9 Å². The van der Waals surface area contributed by atoms with Crippen LogP contribution in [-0.2, 0) is 11.3 Å². The molecule has 0 aromatic heterocycles. The lowest BCUT2D eigenvalue weighted by atomic mass is 10.2.